The number of alkyl halides is 3. The van der Waals surface area contributed by atoms with Crippen LogP contribution in [-0.2, 0) is 4.74 Å². The Morgan fingerprint density at radius 2 is 2.18 bits per heavy atom. The van der Waals surface area contributed by atoms with E-state index >= 15 is 0 Å². The van der Waals surface area contributed by atoms with Gasteiger partial charge in [-0.15, -0.1) is 0 Å². The fourth-order valence-corrected chi connectivity index (χ4v) is 2.60. The van der Waals surface area contributed by atoms with Gasteiger partial charge in [-0.3, -0.25) is 0 Å². The Morgan fingerprint density at radius 3 is 2.77 bits per heavy atom. The van der Waals surface area contributed by atoms with Gasteiger partial charge in [-0.1, -0.05) is 0 Å². The molecule has 0 aliphatic carbocycles. The molecular formula is C12H13F3N4O3. The van der Waals surface area contributed by atoms with Gasteiger partial charge in [-0.2, -0.15) is 5.10 Å². The zero-order chi connectivity index (χ0) is 16.1. The number of aromatic nitrogens is 3. The molecule has 7 nitrogen and oxygen atoms in total. The Hall–Kier alpha value is -1.91. The van der Waals surface area contributed by atoms with Crippen molar-refractivity contribution in [1.29, 1.82) is 0 Å². The van der Waals surface area contributed by atoms with Crippen LogP contribution in [0.3, 0.4) is 0 Å². The van der Waals surface area contributed by atoms with Crippen LogP contribution in [0.15, 0.2) is 18.5 Å². The van der Waals surface area contributed by atoms with E-state index in [9.17, 15) is 18.3 Å². The van der Waals surface area contributed by atoms with E-state index in [1.807, 2.05) is 0 Å². The van der Waals surface area contributed by atoms with Crippen LogP contribution < -0.4 is 5.73 Å². The second-order valence-corrected chi connectivity index (χ2v) is 5.04. The van der Waals surface area contributed by atoms with Gasteiger partial charge >= 0.3 is 0 Å². The molecule has 0 saturated carbocycles. The van der Waals surface area contributed by atoms with Crippen molar-refractivity contribution in [3.05, 3.63) is 24.2 Å². The Kier molecular flexibility index (Phi) is 3.46. The van der Waals surface area contributed by atoms with E-state index in [0.29, 0.717) is 5.52 Å². The normalized spacial score (nSPS) is 32.2. The second kappa shape index (κ2) is 5.07. The number of hydrogen-bond acceptors (Lipinski definition) is 6. The quantitative estimate of drug-likeness (QED) is 0.740. The maximum atomic E-state index is 14.3. The molecule has 3 heterocycles. The van der Waals surface area contributed by atoms with E-state index in [0.717, 1.165) is 6.33 Å². The number of nitrogen functional groups attached to an aromatic ring is 1. The van der Waals surface area contributed by atoms with Crippen molar-refractivity contribution in [3.8, 4) is 0 Å². The first-order chi connectivity index (χ1) is 10.4. The zero-order valence-corrected chi connectivity index (χ0v) is 11.1. The van der Waals surface area contributed by atoms with Crippen molar-refractivity contribution in [1.82, 2.24) is 14.6 Å². The Bertz CT molecular complexity index is 697. The van der Waals surface area contributed by atoms with E-state index in [1.54, 1.807) is 0 Å². The third kappa shape index (κ3) is 1.87. The van der Waals surface area contributed by atoms with Gasteiger partial charge in [-0.05, 0) is 12.1 Å². The van der Waals surface area contributed by atoms with Crippen LogP contribution in [0.2, 0.25) is 0 Å². The summed E-state index contributed by atoms with van der Waals surface area (Å²) in [5.41, 5.74) is 3.41. The molecule has 0 amide bonds. The van der Waals surface area contributed by atoms with Gasteiger partial charge in [0, 0.05) is 0 Å². The highest BCUT2D eigenvalue weighted by Crippen LogP contribution is 2.44. The third-order valence-corrected chi connectivity index (χ3v) is 3.86. The molecule has 10 heteroatoms. The average Bonchev–Trinajstić information content (AvgIpc) is 3.02. The molecule has 0 aromatic carbocycles. The van der Waals surface area contributed by atoms with E-state index in [1.165, 1.54) is 16.6 Å². The minimum atomic E-state index is -3.26. The molecular weight excluding hydrogens is 305 g/mol. The van der Waals surface area contributed by atoms with E-state index in [-0.39, 0.29) is 11.5 Å². The number of ether oxygens (including phenoxy) is 1. The molecule has 0 bridgehead atoms. The highest BCUT2D eigenvalue weighted by atomic mass is 19.3. The standard InChI is InChI=1S/C12H13F3N4O3/c13-7-8(22-12(3-20,9(7)21)11(14)15)5-1-2-6-10(16)17-4-18-19(5)6/h1-2,4,7-9,11,20-21H,3H2,(H2,16,17,18)/t7-,8-,9-,12+/m0/s1. The van der Waals surface area contributed by atoms with Crippen molar-refractivity contribution in [3.63, 3.8) is 0 Å². The maximum Gasteiger partial charge on any atom is 0.272 e. The lowest BCUT2D eigenvalue weighted by Gasteiger charge is -2.28. The van der Waals surface area contributed by atoms with Crippen LogP contribution in [0.4, 0.5) is 19.0 Å². The fourth-order valence-electron chi connectivity index (χ4n) is 2.60. The molecule has 22 heavy (non-hydrogen) atoms. The molecule has 2 aromatic heterocycles. The fraction of sp³-hybridized carbons (Fsp3) is 0.500. The highest BCUT2D eigenvalue weighted by Gasteiger charge is 2.61. The minimum Gasteiger partial charge on any atom is -0.393 e. The summed E-state index contributed by atoms with van der Waals surface area (Å²) in [6, 6.07) is 2.87. The largest absolute Gasteiger partial charge is 0.393 e. The number of aliphatic hydroxyl groups is 2. The van der Waals surface area contributed by atoms with Gasteiger partial charge in [0.15, 0.2) is 17.6 Å². The van der Waals surface area contributed by atoms with Crippen LogP contribution in [-0.4, -0.2) is 55.7 Å². The summed E-state index contributed by atoms with van der Waals surface area (Å²) in [5.74, 6) is 0.123. The number of hydrogen-bond donors (Lipinski definition) is 3. The molecule has 4 atom stereocenters. The lowest BCUT2D eigenvalue weighted by Crippen LogP contribution is -2.51. The molecule has 1 fully saturated rings. The summed E-state index contributed by atoms with van der Waals surface area (Å²) in [7, 11) is 0. The summed E-state index contributed by atoms with van der Waals surface area (Å²) < 4.78 is 46.8. The van der Waals surface area contributed by atoms with Gasteiger partial charge < -0.3 is 20.7 Å². The molecule has 0 spiro atoms. The SMILES string of the molecule is Nc1ncnn2c([C@@H]3O[C@@](CO)(C(F)F)[C@@H](O)[C@H]3F)ccc12. The van der Waals surface area contributed by atoms with Crippen molar-refractivity contribution in [2.24, 2.45) is 0 Å². The van der Waals surface area contributed by atoms with Gasteiger partial charge in [0.05, 0.1) is 12.3 Å². The third-order valence-electron chi connectivity index (χ3n) is 3.86. The lowest BCUT2D eigenvalue weighted by molar-refractivity contribution is -0.186. The van der Waals surface area contributed by atoms with Crippen molar-refractivity contribution in [2.75, 3.05) is 12.3 Å². The Balaban J connectivity index is 2.06. The summed E-state index contributed by atoms with van der Waals surface area (Å²) in [5, 5.41) is 22.8. The molecule has 0 unspecified atom stereocenters. The van der Waals surface area contributed by atoms with E-state index < -0.39 is 37.0 Å². The Labute approximate surface area is 122 Å². The van der Waals surface area contributed by atoms with Crippen LogP contribution in [0.5, 0.6) is 0 Å². The molecule has 120 valence electrons. The second-order valence-electron chi connectivity index (χ2n) is 5.04. The number of nitrogens with two attached hydrogens (primary N) is 1. The molecule has 1 saturated heterocycles. The van der Waals surface area contributed by atoms with Gasteiger partial charge in [0.2, 0.25) is 0 Å². The topological polar surface area (TPSA) is 106 Å². The minimum absolute atomic E-state index is 0.0895. The first-order valence-corrected chi connectivity index (χ1v) is 6.39. The van der Waals surface area contributed by atoms with E-state index in [4.69, 9.17) is 15.6 Å². The van der Waals surface area contributed by atoms with Crippen LogP contribution in [0.1, 0.15) is 11.8 Å². The first kappa shape index (κ1) is 15.0. The van der Waals surface area contributed by atoms with Crippen LogP contribution in [0.25, 0.3) is 5.52 Å². The molecule has 1 aliphatic rings. The monoisotopic (exact) mass is 318 g/mol. The number of fused-ring (bicyclic) bond motifs is 1. The number of aliphatic hydroxyl groups excluding tert-OH is 2. The summed E-state index contributed by atoms with van der Waals surface area (Å²) >= 11 is 0. The average molecular weight is 318 g/mol. The molecule has 2 aromatic rings. The van der Waals surface area contributed by atoms with Gasteiger partial charge in [-0.25, -0.2) is 22.7 Å². The number of anilines is 1. The highest BCUT2D eigenvalue weighted by molar-refractivity contribution is 5.65. The summed E-state index contributed by atoms with van der Waals surface area (Å²) in [6.45, 7) is -1.22. The number of rotatable bonds is 3. The van der Waals surface area contributed by atoms with Crippen molar-refractivity contribution in [2.45, 2.75) is 30.4 Å². The summed E-state index contributed by atoms with van der Waals surface area (Å²) in [6.07, 6.45) is -7.99. The Morgan fingerprint density at radius 1 is 1.45 bits per heavy atom. The van der Waals surface area contributed by atoms with Crippen LogP contribution in [0, 0.1) is 0 Å². The van der Waals surface area contributed by atoms with Crippen LogP contribution >= 0.6 is 0 Å². The smallest absolute Gasteiger partial charge is 0.272 e. The molecule has 1 aliphatic heterocycles. The lowest BCUT2D eigenvalue weighted by atomic mass is 9.96. The molecule has 3 rings (SSSR count). The van der Waals surface area contributed by atoms with Crippen molar-refractivity contribution >= 4 is 11.3 Å². The predicted octanol–water partition coefficient (Wildman–Crippen LogP) is 0.0780. The number of nitrogens with zero attached hydrogens (tertiary/aromatic N) is 3. The van der Waals surface area contributed by atoms with Gasteiger partial charge in [0.1, 0.15) is 24.1 Å². The van der Waals surface area contributed by atoms with Crippen molar-refractivity contribution < 1.29 is 28.1 Å². The predicted molar refractivity (Wildman–Crippen MR) is 67.9 cm³/mol. The molecule has 4 N–H and O–H groups in total. The zero-order valence-electron chi connectivity index (χ0n) is 11.1. The van der Waals surface area contributed by atoms with E-state index in [2.05, 4.69) is 10.1 Å². The molecule has 0 radical (unpaired) electrons. The summed E-state index contributed by atoms with van der Waals surface area (Å²) in [4.78, 5) is 3.76. The maximum absolute atomic E-state index is 14.3. The van der Waals surface area contributed by atoms with Gasteiger partial charge in [0.25, 0.3) is 6.43 Å². The first-order valence-electron chi connectivity index (χ1n) is 6.39. The number of halogens is 3.